The number of carbonyl (C=O) groups excluding carboxylic acids is 1. The van der Waals surface area contributed by atoms with E-state index in [1.807, 2.05) is 6.92 Å². The number of esters is 1. The van der Waals surface area contributed by atoms with E-state index in [-0.39, 0.29) is 5.97 Å². The van der Waals surface area contributed by atoms with Crippen molar-refractivity contribution in [2.75, 3.05) is 12.5 Å². The Bertz CT molecular complexity index is 276. The summed E-state index contributed by atoms with van der Waals surface area (Å²) >= 11 is 1.68. The fraction of sp³-hybridized carbons (Fsp3) is 0.750. The summed E-state index contributed by atoms with van der Waals surface area (Å²) in [4.78, 5) is 12.8. The standard InChI is InChI=1S/C12H21NO2S/c1-3-15-11(14)7-10-6-4-5-9(2)12(10)16-8-13/h9H,3-8,13H2,1-2H3. The van der Waals surface area contributed by atoms with Gasteiger partial charge in [-0.15, -0.1) is 11.8 Å². The van der Waals surface area contributed by atoms with E-state index in [0.29, 0.717) is 24.8 Å². The molecular formula is C12H21NO2S. The van der Waals surface area contributed by atoms with E-state index in [1.54, 1.807) is 11.8 Å². The molecule has 0 fully saturated rings. The lowest BCUT2D eigenvalue weighted by Gasteiger charge is -2.25. The van der Waals surface area contributed by atoms with Crippen LogP contribution in [0.2, 0.25) is 0 Å². The van der Waals surface area contributed by atoms with E-state index in [1.165, 1.54) is 23.3 Å². The Morgan fingerprint density at radius 1 is 1.62 bits per heavy atom. The summed E-state index contributed by atoms with van der Waals surface area (Å²) in [6.07, 6.45) is 3.84. The molecule has 1 unspecified atom stereocenters. The highest BCUT2D eigenvalue weighted by Gasteiger charge is 2.21. The van der Waals surface area contributed by atoms with Crippen LogP contribution in [0.15, 0.2) is 10.5 Å². The van der Waals surface area contributed by atoms with E-state index in [9.17, 15) is 4.79 Å². The first-order valence-corrected chi connectivity index (χ1v) is 6.88. The Labute approximate surface area is 102 Å². The zero-order chi connectivity index (χ0) is 12.0. The minimum Gasteiger partial charge on any atom is -0.466 e. The van der Waals surface area contributed by atoms with Crippen molar-refractivity contribution in [1.82, 2.24) is 0 Å². The Morgan fingerprint density at radius 3 is 3.00 bits per heavy atom. The predicted octanol–water partition coefficient (Wildman–Crippen LogP) is 2.66. The Kier molecular flexibility index (Phi) is 5.91. The van der Waals surface area contributed by atoms with Gasteiger partial charge < -0.3 is 10.5 Å². The van der Waals surface area contributed by atoms with Crippen LogP contribution in [0.5, 0.6) is 0 Å². The van der Waals surface area contributed by atoms with Crippen LogP contribution in [0.3, 0.4) is 0 Å². The average Bonchev–Trinajstić information content (AvgIpc) is 2.23. The third-order valence-electron chi connectivity index (χ3n) is 2.81. The minimum atomic E-state index is -0.110. The van der Waals surface area contributed by atoms with E-state index in [4.69, 9.17) is 10.5 Å². The van der Waals surface area contributed by atoms with Crippen LogP contribution in [0.25, 0.3) is 0 Å². The summed E-state index contributed by atoms with van der Waals surface area (Å²) in [7, 11) is 0. The summed E-state index contributed by atoms with van der Waals surface area (Å²) in [5, 5.41) is 0. The van der Waals surface area contributed by atoms with Crippen LogP contribution in [-0.2, 0) is 9.53 Å². The quantitative estimate of drug-likeness (QED) is 0.596. The van der Waals surface area contributed by atoms with Crippen LogP contribution < -0.4 is 5.73 Å². The molecule has 1 atom stereocenters. The summed E-state index contributed by atoms with van der Waals surface area (Å²) in [5.41, 5.74) is 6.83. The molecule has 1 rings (SSSR count). The molecule has 0 saturated heterocycles. The van der Waals surface area contributed by atoms with Crippen molar-refractivity contribution >= 4 is 17.7 Å². The fourth-order valence-electron chi connectivity index (χ4n) is 2.12. The van der Waals surface area contributed by atoms with Gasteiger partial charge >= 0.3 is 5.97 Å². The van der Waals surface area contributed by atoms with Gasteiger partial charge in [0.1, 0.15) is 0 Å². The van der Waals surface area contributed by atoms with Crippen LogP contribution >= 0.6 is 11.8 Å². The maximum absolute atomic E-state index is 11.5. The largest absolute Gasteiger partial charge is 0.466 e. The highest BCUT2D eigenvalue weighted by atomic mass is 32.2. The number of ether oxygens (including phenoxy) is 1. The molecule has 0 aromatic heterocycles. The third-order valence-corrected chi connectivity index (χ3v) is 3.98. The summed E-state index contributed by atoms with van der Waals surface area (Å²) in [6.45, 7) is 4.51. The summed E-state index contributed by atoms with van der Waals surface area (Å²) in [5.74, 6) is 1.03. The molecule has 2 N–H and O–H groups in total. The van der Waals surface area contributed by atoms with Gasteiger partial charge in [0.2, 0.25) is 0 Å². The van der Waals surface area contributed by atoms with Gasteiger partial charge in [-0.2, -0.15) is 0 Å². The Morgan fingerprint density at radius 2 is 2.38 bits per heavy atom. The molecule has 0 spiro atoms. The first-order chi connectivity index (χ1) is 7.69. The van der Waals surface area contributed by atoms with Gasteiger partial charge in [0, 0.05) is 5.88 Å². The lowest BCUT2D eigenvalue weighted by Crippen LogP contribution is -2.13. The molecular weight excluding hydrogens is 222 g/mol. The van der Waals surface area contributed by atoms with Crippen molar-refractivity contribution in [1.29, 1.82) is 0 Å². The maximum atomic E-state index is 11.5. The molecule has 92 valence electrons. The second-order valence-electron chi connectivity index (χ2n) is 4.05. The van der Waals surface area contributed by atoms with Gasteiger partial charge in [-0.05, 0) is 42.6 Å². The number of thioether (sulfide) groups is 1. The van der Waals surface area contributed by atoms with Gasteiger partial charge in [-0.1, -0.05) is 6.92 Å². The predicted molar refractivity (Wildman–Crippen MR) is 67.9 cm³/mol. The molecule has 0 heterocycles. The molecule has 0 amide bonds. The van der Waals surface area contributed by atoms with Gasteiger partial charge in [0.25, 0.3) is 0 Å². The Hall–Kier alpha value is -0.480. The van der Waals surface area contributed by atoms with Crippen molar-refractivity contribution in [3.05, 3.63) is 10.5 Å². The number of hydrogen-bond donors (Lipinski definition) is 1. The van der Waals surface area contributed by atoms with Gasteiger partial charge in [-0.3, -0.25) is 4.79 Å². The average molecular weight is 243 g/mol. The van der Waals surface area contributed by atoms with Gasteiger partial charge in [-0.25, -0.2) is 0 Å². The van der Waals surface area contributed by atoms with Gasteiger partial charge in [0.15, 0.2) is 0 Å². The van der Waals surface area contributed by atoms with E-state index < -0.39 is 0 Å². The van der Waals surface area contributed by atoms with Crippen molar-refractivity contribution in [2.45, 2.75) is 39.5 Å². The van der Waals surface area contributed by atoms with Crippen LogP contribution in [0, 0.1) is 5.92 Å². The minimum absolute atomic E-state index is 0.110. The molecule has 0 bridgehead atoms. The zero-order valence-electron chi connectivity index (χ0n) is 10.1. The van der Waals surface area contributed by atoms with Crippen LogP contribution in [0.4, 0.5) is 0 Å². The van der Waals surface area contributed by atoms with Gasteiger partial charge in [0.05, 0.1) is 13.0 Å². The molecule has 0 aromatic rings. The van der Waals surface area contributed by atoms with Crippen LogP contribution in [-0.4, -0.2) is 18.5 Å². The number of nitrogens with two attached hydrogens (primary N) is 1. The number of rotatable bonds is 5. The molecule has 16 heavy (non-hydrogen) atoms. The number of hydrogen-bond acceptors (Lipinski definition) is 4. The molecule has 0 radical (unpaired) electrons. The van der Waals surface area contributed by atoms with Crippen molar-refractivity contribution in [3.63, 3.8) is 0 Å². The molecule has 0 aromatic carbocycles. The highest BCUT2D eigenvalue weighted by Crippen LogP contribution is 2.38. The Balaban J connectivity index is 2.70. The topological polar surface area (TPSA) is 52.3 Å². The number of carbonyl (C=O) groups is 1. The third kappa shape index (κ3) is 3.83. The second-order valence-corrected chi connectivity index (χ2v) is 5.12. The van der Waals surface area contributed by atoms with E-state index >= 15 is 0 Å². The smallest absolute Gasteiger partial charge is 0.309 e. The fourth-order valence-corrected chi connectivity index (χ4v) is 3.08. The summed E-state index contributed by atoms with van der Waals surface area (Å²) in [6, 6.07) is 0. The first-order valence-electron chi connectivity index (χ1n) is 5.89. The monoisotopic (exact) mass is 243 g/mol. The van der Waals surface area contributed by atoms with Crippen molar-refractivity contribution in [3.8, 4) is 0 Å². The summed E-state index contributed by atoms with van der Waals surface area (Å²) < 4.78 is 4.99. The van der Waals surface area contributed by atoms with Crippen molar-refractivity contribution in [2.24, 2.45) is 11.7 Å². The van der Waals surface area contributed by atoms with E-state index in [0.717, 1.165) is 6.42 Å². The maximum Gasteiger partial charge on any atom is 0.309 e. The second kappa shape index (κ2) is 6.97. The SMILES string of the molecule is CCOC(=O)CC1=C(SCN)C(C)CCC1. The molecule has 1 aliphatic carbocycles. The zero-order valence-corrected chi connectivity index (χ0v) is 10.9. The molecule has 3 nitrogen and oxygen atoms in total. The normalized spacial score (nSPS) is 21.1. The molecule has 0 aliphatic heterocycles. The molecule has 4 heteroatoms. The lowest BCUT2D eigenvalue weighted by molar-refractivity contribution is -0.142. The number of allylic oxidation sites excluding steroid dienone is 1. The van der Waals surface area contributed by atoms with Crippen molar-refractivity contribution < 1.29 is 9.53 Å². The first kappa shape index (κ1) is 13.6. The lowest BCUT2D eigenvalue weighted by atomic mass is 9.90. The highest BCUT2D eigenvalue weighted by molar-refractivity contribution is 8.03. The van der Waals surface area contributed by atoms with E-state index in [2.05, 4.69) is 6.92 Å². The molecule has 0 saturated carbocycles. The molecule has 1 aliphatic rings. The van der Waals surface area contributed by atoms with Crippen LogP contribution in [0.1, 0.15) is 39.5 Å².